The van der Waals surface area contributed by atoms with Gasteiger partial charge in [-0.15, -0.1) is 5.10 Å². The smallest absolute Gasteiger partial charge is 0.407 e. The summed E-state index contributed by atoms with van der Waals surface area (Å²) in [5.74, 6) is 1.06. The lowest BCUT2D eigenvalue weighted by Crippen LogP contribution is -2.54. The maximum atomic E-state index is 13.1. The summed E-state index contributed by atoms with van der Waals surface area (Å²) in [6.07, 6.45) is 5.24. The molecule has 1 aromatic carbocycles. The van der Waals surface area contributed by atoms with E-state index >= 15 is 0 Å². The van der Waals surface area contributed by atoms with Crippen molar-refractivity contribution in [2.75, 3.05) is 6.54 Å². The van der Waals surface area contributed by atoms with Gasteiger partial charge in [0, 0.05) is 12.5 Å². The first kappa shape index (κ1) is 21.3. The fourth-order valence-electron chi connectivity index (χ4n) is 4.04. The minimum Gasteiger partial charge on any atom is -0.444 e. The van der Waals surface area contributed by atoms with Crippen LogP contribution in [0.3, 0.4) is 0 Å². The molecule has 2 N–H and O–H groups in total. The number of para-hydroxylation sites is 1. The molecule has 0 spiro atoms. The maximum Gasteiger partial charge on any atom is 0.407 e. The zero-order valence-corrected chi connectivity index (χ0v) is 18.5. The number of benzene rings is 1. The number of rotatable bonds is 6. The van der Waals surface area contributed by atoms with Gasteiger partial charge in [-0.2, -0.15) is 0 Å². The molecule has 4 rings (SSSR count). The number of aromatic nitrogens is 3. The molecule has 1 aromatic heterocycles. The summed E-state index contributed by atoms with van der Waals surface area (Å²) in [7, 11) is 0. The molecular weight excluding hydrogens is 394 g/mol. The lowest BCUT2D eigenvalue weighted by Gasteiger charge is -2.30. The van der Waals surface area contributed by atoms with Crippen LogP contribution >= 0.6 is 0 Å². The summed E-state index contributed by atoms with van der Waals surface area (Å²) in [5, 5.41) is 10.5. The Labute approximate surface area is 182 Å². The molecule has 2 fully saturated rings. The first-order valence-electron chi connectivity index (χ1n) is 11.1. The fraction of sp³-hybridized carbons (Fsp3) is 0.565. The van der Waals surface area contributed by atoms with Crippen molar-refractivity contribution < 1.29 is 14.3 Å². The van der Waals surface area contributed by atoms with E-state index < -0.39 is 17.2 Å². The van der Waals surface area contributed by atoms with Gasteiger partial charge >= 0.3 is 6.09 Å². The normalized spacial score (nSPS) is 17.9. The van der Waals surface area contributed by atoms with Crippen LogP contribution in [0.5, 0.6) is 0 Å². The number of carbonyl (C=O) groups is 2. The molecule has 1 heterocycles. The van der Waals surface area contributed by atoms with Gasteiger partial charge in [-0.05, 0) is 58.6 Å². The van der Waals surface area contributed by atoms with Gasteiger partial charge in [0.2, 0.25) is 5.82 Å². The molecule has 0 atom stereocenters. The Kier molecular flexibility index (Phi) is 5.73. The Hall–Kier alpha value is -2.90. The van der Waals surface area contributed by atoms with E-state index in [1.165, 1.54) is 0 Å². The molecule has 8 heteroatoms. The Morgan fingerprint density at radius 1 is 1.16 bits per heavy atom. The predicted molar refractivity (Wildman–Crippen MR) is 116 cm³/mol. The van der Waals surface area contributed by atoms with Gasteiger partial charge in [-0.25, -0.2) is 14.5 Å². The van der Waals surface area contributed by atoms with Crippen molar-refractivity contribution in [2.24, 2.45) is 0 Å². The van der Waals surface area contributed by atoms with Crippen LogP contribution in [0, 0.1) is 0 Å². The van der Waals surface area contributed by atoms with E-state index in [9.17, 15) is 9.59 Å². The zero-order valence-electron chi connectivity index (χ0n) is 18.5. The molecular formula is C23H31N5O3. The summed E-state index contributed by atoms with van der Waals surface area (Å²) in [6, 6.07) is 9.77. The van der Waals surface area contributed by atoms with Crippen molar-refractivity contribution in [3.05, 3.63) is 42.0 Å². The number of hydrogen-bond acceptors (Lipinski definition) is 5. The summed E-state index contributed by atoms with van der Waals surface area (Å²) in [4.78, 5) is 29.8. The first-order chi connectivity index (χ1) is 14.7. The van der Waals surface area contributed by atoms with Crippen molar-refractivity contribution in [3.8, 4) is 5.69 Å². The average molecular weight is 426 g/mol. The highest BCUT2D eigenvalue weighted by Gasteiger charge is 2.38. The number of nitrogens with one attached hydrogen (secondary N) is 2. The number of amides is 2. The summed E-state index contributed by atoms with van der Waals surface area (Å²) in [6.45, 7) is 5.80. The lowest BCUT2D eigenvalue weighted by atomic mass is 9.97. The van der Waals surface area contributed by atoms with Crippen LogP contribution < -0.4 is 10.6 Å². The molecule has 2 aliphatic rings. The molecule has 2 aromatic rings. The highest BCUT2D eigenvalue weighted by Crippen LogP contribution is 2.39. The third kappa shape index (κ3) is 5.24. The van der Waals surface area contributed by atoms with Crippen LogP contribution in [0.25, 0.3) is 5.69 Å². The quantitative estimate of drug-likeness (QED) is 0.735. The molecule has 2 amide bonds. The van der Waals surface area contributed by atoms with Crippen molar-refractivity contribution >= 4 is 12.0 Å². The third-order valence-corrected chi connectivity index (χ3v) is 5.69. The summed E-state index contributed by atoms with van der Waals surface area (Å²) in [5.41, 5.74) is -0.173. The number of carbonyl (C=O) groups excluding carboxylic acids is 2. The van der Waals surface area contributed by atoms with Crippen molar-refractivity contribution in [1.82, 2.24) is 25.4 Å². The van der Waals surface area contributed by atoms with Gasteiger partial charge in [0.05, 0.1) is 11.2 Å². The second-order valence-electron chi connectivity index (χ2n) is 9.61. The van der Waals surface area contributed by atoms with Gasteiger partial charge in [0.1, 0.15) is 11.4 Å². The van der Waals surface area contributed by atoms with E-state index in [2.05, 4.69) is 20.7 Å². The number of alkyl carbamates (subject to hydrolysis) is 1. The second kappa shape index (κ2) is 8.32. The van der Waals surface area contributed by atoms with Gasteiger partial charge in [-0.1, -0.05) is 31.0 Å². The Morgan fingerprint density at radius 3 is 2.45 bits per heavy atom. The van der Waals surface area contributed by atoms with E-state index in [0.717, 1.165) is 50.0 Å². The second-order valence-corrected chi connectivity index (χ2v) is 9.61. The first-order valence-corrected chi connectivity index (χ1v) is 11.1. The molecule has 166 valence electrons. The fourth-order valence-corrected chi connectivity index (χ4v) is 4.04. The van der Waals surface area contributed by atoms with Crippen LogP contribution in [0.2, 0.25) is 0 Å². The van der Waals surface area contributed by atoms with E-state index in [4.69, 9.17) is 4.74 Å². The van der Waals surface area contributed by atoms with Crippen molar-refractivity contribution in [3.63, 3.8) is 0 Å². The minimum absolute atomic E-state index is 0.175. The largest absolute Gasteiger partial charge is 0.444 e. The van der Waals surface area contributed by atoms with Crippen LogP contribution in [-0.4, -0.2) is 44.4 Å². The Bertz CT molecular complexity index is 938. The maximum absolute atomic E-state index is 13.1. The molecule has 0 saturated heterocycles. The highest BCUT2D eigenvalue weighted by atomic mass is 16.6. The number of hydrogen-bond donors (Lipinski definition) is 2. The summed E-state index contributed by atoms with van der Waals surface area (Å²) >= 11 is 0. The molecule has 0 radical (unpaired) electrons. The lowest BCUT2D eigenvalue weighted by molar-refractivity contribution is 0.0504. The van der Waals surface area contributed by atoms with E-state index in [0.29, 0.717) is 12.5 Å². The average Bonchev–Trinajstić information content (AvgIpc) is 3.29. The Balaban J connectivity index is 1.49. The van der Waals surface area contributed by atoms with Gasteiger partial charge in [0.15, 0.2) is 0 Å². The zero-order chi connectivity index (χ0) is 22.1. The molecule has 8 nitrogen and oxygen atoms in total. The molecule has 0 aliphatic heterocycles. The molecule has 0 unspecified atom stereocenters. The van der Waals surface area contributed by atoms with Crippen LogP contribution in [0.4, 0.5) is 4.79 Å². The topological polar surface area (TPSA) is 98.1 Å². The summed E-state index contributed by atoms with van der Waals surface area (Å²) < 4.78 is 7.13. The standard InChI is InChI=1S/C23H31N5O3/c1-22(2,3)31-21(30)24-15-23(13-7-8-14-23)26-20(29)18-25-19(16-11-12-16)28(27-18)17-9-5-4-6-10-17/h4-6,9-10,16H,7-8,11-15H2,1-3H3,(H,24,30)(H,26,29). The Morgan fingerprint density at radius 2 is 1.84 bits per heavy atom. The highest BCUT2D eigenvalue weighted by molar-refractivity contribution is 5.91. The van der Waals surface area contributed by atoms with E-state index in [-0.39, 0.29) is 11.7 Å². The van der Waals surface area contributed by atoms with Gasteiger partial charge < -0.3 is 15.4 Å². The van der Waals surface area contributed by atoms with Crippen LogP contribution in [0.1, 0.15) is 81.7 Å². The molecule has 31 heavy (non-hydrogen) atoms. The monoisotopic (exact) mass is 425 g/mol. The van der Waals surface area contributed by atoms with E-state index in [1.54, 1.807) is 4.68 Å². The van der Waals surface area contributed by atoms with Crippen molar-refractivity contribution in [1.29, 1.82) is 0 Å². The predicted octanol–water partition coefficient (Wildman–Crippen LogP) is 3.71. The van der Waals surface area contributed by atoms with Crippen LogP contribution in [-0.2, 0) is 4.74 Å². The van der Waals surface area contributed by atoms with Gasteiger partial charge in [-0.3, -0.25) is 4.79 Å². The van der Waals surface area contributed by atoms with Crippen molar-refractivity contribution in [2.45, 2.75) is 76.4 Å². The third-order valence-electron chi connectivity index (χ3n) is 5.69. The number of nitrogens with zero attached hydrogens (tertiary/aromatic N) is 3. The minimum atomic E-state index is -0.566. The molecule has 2 aliphatic carbocycles. The van der Waals surface area contributed by atoms with Gasteiger partial charge in [0.25, 0.3) is 5.91 Å². The SMILES string of the molecule is CC(C)(C)OC(=O)NCC1(NC(=O)c2nc(C3CC3)n(-c3ccccc3)n2)CCCC1. The van der Waals surface area contributed by atoms with E-state index in [1.807, 2.05) is 51.1 Å². The molecule has 0 bridgehead atoms. The van der Waals surface area contributed by atoms with Crippen LogP contribution in [0.15, 0.2) is 30.3 Å². The molecule has 2 saturated carbocycles. The number of ether oxygens (including phenoxy) is 1.